The van der Waals surface area contributed by atoms with Gasteiger partial charge in [-0.3, -0.25) is 9.59 Å². The van der Waals surface area contributed by atoms with Crippen molar-refractivity contribution in [2.24, 2.45) is 5.92 Å². The van der Waals surface area contributed by atoms with Gasteiger partial charge in [-0.1, -0.05) is 51.1 Å². The van der Waals surface area contributed by atoms with E-state index in [1.54, 1.807) is 4.90 Å². The molecule has 29 heavy (non-hydrogen) atoms. The first-order chi connectivity index (χ1) is 13.7. The van der Waals surface area contributed by atoms with Crippen LogP contribution in [-0.4, -0.2) is 34.8 Å². The summed E-state index contributed by atoms with van der Waals surface area (Å²) < 4.78 is 5.90. The Morgan fingerprint density at radius 1 is 1.28 bits per heavy atom. The van der Waals surface area contributed by atoms with Gasteiger partial charge in [0.2, 0.25) is 11.8 Å². The number of oxazole rings is 1. The van der Waals surface area contributed by atoms with Crippen LogP contribution in [0.2, 0.25) is 0 Å². The Balaban J connectivity index is 1.43. The number of nitrogens with one attached hydrogen (secondary N) is 1. The number of likely N-dealkylation sites (tertiary alicyclic amines) is 1. The van der Waals surface area contributed by atoms with Crippen LogP contribution >= 0.6 is 0 Å². The van der Waals surface area contributed by atoms with Gasteiger partial charge >= 0.3 is 0 Å². The Morgan fingerprint density at radius 3 is 2.66 bits per heavy atom. The molecule has 0 saturated carbocycles. The third-order valence-electron chi connectivity index (χ3n) is 5.22. The summed E-state index contributed by atoms with van der Waals surface area (Å²) in [5.74, 6) is 1.36. The van der Waals surface area contributed by atoms with Crippen molar-refractivity contribution in [1.82, 2.24) is 15.2 Å². The smallest absolute Gasteiger partial charge is 0.225 e. The van der Waals surface area contributed by atoms with Crippen LogP contribution < -0.4 is 5.32 Å². The largest absolute Gasteiger partial charge is 0.445 e. The first kappa shape index (κ1) is 21.1. The molecule has 1 saturated heterocycles. The number of aromatic nitrogens is 1. The van der Waals surface area contributed by atoms with Gasteiger partial charge in [0.15, 0.2) is 5.89 Å². The number of nitrogens with zero attached hydrogens (tertiary/aromatic N) is 2. The van der Waals surface area contributed by atoms with E-state index in [4.69, 9.17) is 4.42 Å². The van der Waals surface area contributed by atoms with Gasteiger partial charge in [-0.15, -0.1) is 0 Å². The number of carbonyl (C=O) groups is 2. The molecule has 1 N–H and O–H groups in total. The molecule has 2 aromatic rings. The highest BCUT2D eigenvalue weighted by Crippen LogP contribution is 2.24. The predicted molar refractivity (Wildman–Crippen MR) is 111 cm³/mol. The molecule has 1 aliphatic heterocycles. The lowest BCUT2D eigenvalue weighted by molar-refractivity contribution is -0.129. The zero-order chi connectivity index (χ0) is 21.0. The predicted octanol–water partition coefficient (Wildman–Crippen LogP) is 3.38. The number of hydrogen-bond donors (Lipinski definition) is 1. The fourth-order valence-electron chi connectivity index (χ4n) is 3.49. The van der Waals surface area contributed by atoms with Crippen LogP contribution in [-0.2, 0) is 28.0 Å². The maximum Gasteiger partial charge on any atom is 0.225 e. The Kier molecular flexibility index (Phi) is 6.40. The van der Waals surface area contributed by atoms with E-state index in [1.807, 2.05) is 37.3 Å². The Morgan fingerprint density at radius 2 is 2.00 bits per heavy atom. The quantitative estimate of drug-likeness (QED) is 0.727. The molecule has 6 heteroatoms. The second-order valence-corrected chi connectivity index (χ2v) is 8.83. The molecule has 1 atom stereocenters. The second kappa shape index (κ2) is 8.80. The van der Waals surface area contributed by atoms with Crippen LogP contribution in [0.25, 0.3) is 0 Å². The minimum atomic E-state index is -0.272. The zero-order valence-corrected chi connectivity index (χ0v) is 17.8. The average molecular weight is 398 g/mol. The molecule has 0 spiro atoms. The molecule has 1 aromatic heterocycles. The summed E-state index contributed by atoms with van der Waals surface area (Å²) in [6, 6.07) is 9.87. The molecule has 1 aromatic carbocycles. The lowest BCUT2D eigenvalue weighted by Gasteiger charge is -2.16. The van der Waals surface area contributed by atoms with Crippen molar-refractivity contribution in [3.8, 4) is 0 Å². The first-order valence-electron chi connectivity index (χ1n) is 10.3. The highest BCUT2D eigenvalue weighted by atomic mass is 16.4. The number of hydrogen-bond acceptors (Lipinski definition) is 4. The van der Waals surface area contributed by atoms with Gasteiger partial charge in [0, 0.05) is 37.9 Å². The molecule has 156 valence electrons. The van der Waals surface area contributed by atoms with Gasteiger partial charge in [-0.05, 0) is 18.9 Å². The average Bonchev–Trinajstić information content (AvgIpc) is 3.22. The topological polar surface area (TPSA) is 75.4 Å². The standard InChI is InChI=1S/C23H31N3O3/c1-16-19(29-22(25-16)23(2,3)4)11-8-12-24-21(28)18-13-20(27)26(15-18)14-17-9-6-5-7-10-17/h5-7,9-10,18H,8,11-15H2,1-4H3,(H,24,28). The van der Waals surface area contributed by atoms with Crippen LogP contribution in [0.4, 0.5) is 0 Å². The van der Waals surface area contributed by atoms with E-state index in [-0.39, 0.29) is 29.6 Å². The number of benzene rings is 1. The van der Waals surface area contributed by atoms with Gasteiger partial charge in [0.1, 0.15) is 5.76 Å². The summed E-state index contributed by atoms with van der Waals surface area (Å²) in [4.78, 5) is 31.0. The van der Waals surface area contributed by atoms with Crippen molar-refractivity contribution in [1.29, 1.82) is 0 Å². The van der Waals surface area contributed by atoms with Crippen molar-refractivity contribution < 1.29 is 14.0 Å². The van der Waals surface area contributed by atoms with Crippen molar-refractivity contribution >= 4 is 11.8 Å². The highest BCUT2D eigenvalue weighted by Gasteiger charge is 2.34. The lowest BCUT2D eigenvalue weighted by atomic mass is 9.97. The molecule has 0 bridgehead atoms. The maximum absolute atomic E-state index is 12.5. The molecular formula is C23H31N3O3. The molecule has 3 rings (SSSR count). The molecule has 0 radical (unpaired) electrons. The van der Waals surface area contributed by atoms with Gasteiger partial charge in [0.25, 0.3) is 0 Å². The fraction of sp³-hybridized carbons (Fsp3) is 0.522. The van der Waals surface area contributed by atoms with Crippen LogP contribution in [0.15, 0.2) is 34.7 Å². The number of aryl methyl sites for hydroxylation is 2. The van der Waals surface area contributed by atoms with Gasteiger partial charge in [-0.25, -0.2) is 4.98 Å². The molecular weight excluding hydrogens is 366 g/mol. The van der Waals surface area contributed by atoms with Crippen LogP contribution in [0.5, 0.6) is 0 Å². The van der Waals surface area contributed by atoms with E-state index in [0.717, 1.165) is 35.7 Å². The highest BCUT2D eigenvalue weighted by molar-refractivity contribution is 5.89. The molecule has 1 unspecified atom stereocenters. The Bertz CT molecular complexity index is 852. The summed E-state index contributed by atoms with van der Waals surface area (Å²) in [5.41, 5.74) is 1.89. The molecule has 2 amide bonds. The van der Waals surface area contributed by atoms with Crippen LogP contribution in [0, 0.1) is 12.8 Å². The molecule has 6 nitrogen and oxygen atoms in total. The number of amides is 2. The van der Waals surface area contributed by atoms with E-state index >= 15 is 0 Å². The Hall–Kier alpha value is -2.63. The maximum atomic E-state index is 12.5. The Labute approximate surface area is 172 Å². The number of rotatable bonds is 7. The summed E-state index contributed by atoms with van der Waals surface area (Å²) in [5, 5.41) is 2.98. The minimum Gasteiger partial charge on any atom is -0.445 e. The summed E-state index contributed by atoms with van der Waals surface area (Å²) in [6.45, 7) is 9.79. The van der Waals surface area contributed by atoms with Crippen molar-refractivity contribution in [2.75, 3.05) is 13.1 Å². The van der Waals surface area contributed by atoms with E-state index in [1.165, 1.54) is 0 Å². The lowest BCUT2D eigenvalue weighted by Crippen LogP contribution is -2.33. The third kappa shape index (κ3) is 5.46. The summed E-state index contributed by atoms with van der Waals surface area (Å²) in [6.07, 6.45) is 1.80. The van der Waals surface area contributed by atoms with Crippen LogP contribution in [0.1, 0.15) is 56.5 Å². The summed E-state index contributed by atoms with van der Waals surface area (Å²) >= 11 is 0. The van der Waals surface area contributed by atoms with Gasteiger partial charge in [-0.2, -0.15) is 0 Å². The first-order valence-corrected chi connectivity index (χ1v) is 10.3. The van der Waals surface area contributed by atoms with Crippen molar-refractivity contribution in [3.63, 3.8) is 0 Å². The molecule has 0 aliphatic carbocycles. The van der Waals surface area contributed by atoms with Crippen molar-refractivity contribution in [2.45, 2.75) is 58.9 Å². The molecule has 1 fully saturated rings. The van der Waals surface area contributed by atoms with Gasteiger partial charge < -0.3 is 14.6 Å². The second-order valence-electron chi connectivity index (χ2n) is 8.83. The summed E-state index contributed by atoms with van der Waals surface area (Å²) in [7, 11) is 0. The van der Waals surface area contributed by atoms with E-state index in [9.17, 15) is 9.59 Å². The van der Waals surface area contributed by atoms with E-state index in [2.05, 4.69) is 31.1 Å². The number of carbonyl (C=O) groups excluding carboxylic acids is 2. The fourth-order valence-corrected chi connectivity index (χ4v) is 3.49. The van der Waals surface area contributed by atoms with Crippen LogP contribution in [0.3, 0.4) is 0 Å². The molecule has 2 heterocycles. The molecule has 1 aliphatic rings. The normalized spacial score (nSPS) is 17.0. The minimum absolute atomic E-state index is 0.0426. The SMILES string of the molecule is Cc1nc(C(C)(C)C)oc1CCCNC(=O)C1CC(=O)N(Cc2ccccc2)C1. The van der Waals surface area contributed by atoms with Gasteiger partial charge in [0.05, 0.1) is 11.6 Å². The van der Waals surface area contributed by atoms with E-state index in [0.29, 0.717) is 19.6 Å². The van der Waals surface area contributed by atoms with Crippen molar-refractivity contribution in [3.05, 3.63) is 53.2 Å². The monoisotopic (exact) mass is 397 g/mol. The van der Waals surface area contributed by atoms with E-state index < -0.39 is 0 Å². The zero-order valence-electron chi connectivity index (χ0n) is 17.8. The third-order valence-corrected chi connectivity index (χ3v) is 5.22.